The van der Waals surface area contributed by atoms with Crippen molar-refractivity contribution >= 4 is 20.6 Å². The first-order valence-corrected chi connectivity index (χ1v) is 4.47. The minimum atomic E-state index is -0.114. The zero-order valence-electron chi connectivity index (χ0n) is 7.08. The van der Waals surface area contributed by atoms with Crippen LogP contribution in [0.15, 0.2) is 18.2 Å². The van der Waals surface area contributed by atoms with Gasteiger partial charge in [-0.25, -0.2) is 0 Å². The predicted octanol–water partition coefficient (Wildman–Crippen LogP) is 1.86. The zero-order chi connectivity index (χ0) is 9.84. The van der Waals surface area contributed by atoms with Crippen molar-refractivity contribution in [3.05, 3.63) is 23.8 Å². The molecule has 0 amide bonds. The van der Waals surface area contributed by atoms with Gasteiger partial charge in [0.1, 0.15) is 0 Å². The van der Waals surface area contributed by atoms with E-state index in [9.17, 15) is 9.90 Å². The van der Waals surface area contributed by atoms with E-state index in [1.807, 2.05) is 0 Å². The van der Waals surface area contributed by atoms with Gasteiger partial charge < -0.3 is 9.84 Å². The smallest absolute Gasteiger partial charge is 0.202 e. The Morgan fingerprint density at radius 1 is 1.62 bits per heavy atom. The number of carbonyl (C=O) groups excluding carboxylic acids is 1. The monoisotopic (exact) mass is 244 g/mol. The van der Waals surface area contributed by atoms with E-state index in [2.05, 4.69) is 15.9 Å². The van der Waals surface area contributed by atoms with E-state index < -0.39 is 0 Å². The van der Waals surface area contributed by atoms with Crippen molar-refractivity contribution in [1.82, 2.24) is 0 Å². The molecule has 0 saturated heterocycles. The summed E-state index contributed by atoms with van der Waals surface area (Å²) in [6.07, 6.45) is 0.261. The molecule has 13 heavy (non-hydrogen) atoms. The molecule has 4 heteroatoms. The molecule has 0 spiro atoms. The molecule has 1 N–H and O–H groups in total. The lowest BCUT2D eigenvalue weighted by atomic mass is 10.1. The Hall–Kier alpha value is -1.03. The summed E-state index contributed by atoms with van der Waals surface area (Å²) in [6.45, 7) is 0. The second-order valence-corrected chi connectivity index (χ2v) is 3.42. The van der Waals surface area contributed by atoms with E-state index in [1.54, 1.807) is 12.1 Å². The number of phenols is 1. The van der Waals surface area contributed by atoms with Crippen LogP contribution in [0.1, 0.15) is 5.56 Å². The van der Waals surface area contributed by atoms with Gasteiger partial charge in [-0.05, 0) is 33.6 Å². The molecule has 0 fully saturated rings. The number of ether oxygens (including phenoxy) is 1. The summed E-state index contributed by atoms with van der Waals surface area (Å²) in [5.74, 6) is 0.458. The Morgan fingerprint density at radius 2 is 2.31 bits per heavy atom. The van der Waals surface area contributed by atoms with Crippen LogP contribution in [0.25, 0.3) is 0 Å². The number of aromatic hydroxyl groups is 1. The van der Waals surface area contributed by atoms with Crippen molar-refractivity contribution in [3.63, 3.8) is 0 Å². The fourth-order valence-corrected chi connectivity index (χ4v) is 1.33. The lowest BCUT2D eigenvalue weighted by Crippen LogP contribution is -1.93. The predicted molar refractivity (Wildman–Crippen MR) is 52.3 cm³/mol. The molecule has 0 aliphatic carbocycles. The third-order valence-electron chi connectivity index (χ3n) is 1.59. The van der Waals surface area contributed by atoms with Gasteiger partial charge in [0, 0.05) is 6.42 Å². The standard InChI is InChI=1S/C9H9BrO3/c1-13-8-3-2-6(4-7(8)11)5-9(10)12/h2-4,11H,5H2,1H3. The molecule has 0 saturated carbocycles. The van der Waals surface area contributed by atoms with Crippen LogP contribution >= 0.6 is 15.9 Å². The maximum atomic E-state index is 10.7. The van der Waals surface area contributed by atoms with Crippen molar-refractivity contribution in [2.75, 3.05) is 7.11 Å². The van der Waals surface area contributed by atoms with Crippen molar-refractivity contribution in [2.24, 2.45) is 0 Å². The first-order chi connectivity index (χ1) is 6.13. The summed E-state index contributed by atoms with van der Waals surface area (Å²) in [5.41, 5.74) is 0.750. The highest BCUT2D eigenvalue weighted by Crippen LogP contribution is 2.26. The fraction of sp³-hybridized carbons (Fsp3) is 0.222. The Labute approximate surface area is 84.5 Å². The van der Waals surface area contributed by atoms with Gasteiger partial charge in [-0.3, -0.25) is 4.79 Å². The van der Waals surface area contributed by atoms with E-state index in [4.69, 9.17) is 4.74 Å². The van der Waals surface area contributed by atoms with E-state index in [-0.39, 0.29) is 16.9 Å². The SMILES string of the molecule is COc1ccc(CC(=O)Br)cc1O. The number of methoxy groups -OCH3 is 1. The molecule has 0 bridgehead atoms. The number of hydrogen-bond donors (Lipinski definition) is 1. The van der Waals surface area contributed by atoms with Crippen molar-refractivity contribution in [3.8, 4) is 11.5 Å². The second kappa shape index (κ2) is 4.28. The van der Waals surface area contributed by atoms with Crippen molar-refractivity contribution < 1.29 is 14.6 Å². The molecule has 0 radical (unpaired) electrons. The van der Waals surface area contributed by atoms with E-state index in [0.717, 1.165) is 5.56 Å². The summed E-state index contributed by atoms with van der Waals surface area (Å²) >= 11 is 2.82. The van der Waals surface area contributed by atoms with E-state index in [1.165, 1.54) is 13.2 Å². The van der Waals surface area contributed by atoms with E-state index in [0.29, 0.717) is 5.75 Å². The second-order valence-electron chi connectivity index (χ2n) is 2.54. The van der Waals surface area contributed by atoms with Gasteiger partial charge in [0.05, 0.1) is 7.11 Å². The number of carbonyl (C=O) groups is 1. The van der Waals surface area contributed by atoms with Gasteiger partial charge in [0.25, 0.3) is 0 Å². The van der Waals surface area contributed by atoms with Gasteiger partial charge >= 0.3 is 0 Å². The Balaban J connectivity index is 2.89. The lowest BCUT2D eigenvalue weighted by Gasteiger charge is -2.04. The quantitative estimate of drug-likeness (QED) is 0.827. The highest BCUT2D eigenvalue weighted by molar-refractivity contribution is 9.18. The lowest BCUT2D eigenvalue weighted by molar-refractivity contribution is -0.109. The van der Waals surface area contributed by atoms with E-state index >= 15 is 0 Å². The summed E-state index contributed by atoms with van der Waals surface area (Å²) in [4.78, 5) is 10.7. The third kappa shape index (κ3) is 2.73. The van der Waals surface area contributed by atoms with Crippen LogP contribution in [0.3, 0.4) is 0 Å². The largest absolute Gasteiger partial charge is 0.504 e. The third-order valence-corrected chi connectivity index (χ3v) is 1.87. The normalized spacial score (nSPS) is 9.69. The maximum absolute atomic E-state index is 10.7. The molecule has 0 aromatic heterocycles. The number of halogens is 1. The number of hydrogen-bond acceptors (Lipinski definition) is 3. The molecule has 0 aliphatic heterocycles. The summed E-state index contributed by atoms with van der Waals surface area (Å²) < 4.78 is 4.74. The average Bonchev–Trinajstić information content (AvgIpc) is 2.03. The van der Waals surface area contributed by atoms with Crippen LogP contribution < -0.4 is 4.74 Å². The van der Waals surface area contributed by atoms with Crippen LogP contribution in [0, 0.1) is 0 Å². The van der Waals surface area contributed by atoms with Gasteiger partial charge in [0.15, 0.2) is 11.5 Å². The molecule has 3 nitrogen and oxygen atoms in total. The molecule has 1 aromatic carbocycles. The topological polar surface area (TPSA) is 46.5 Å². The number of phenolic OH excluding ortho intramolecular Hbond substituents is 1. The van der Waals surface area contributed by atoms with Crippen LogP contribution in [-0.2, 0) is 11.2 Å². The molecular formula is C9H9BrO3. The van der Waals surface area contributed by atoms with Crippen molar-refractivity contribution in [1.29, 1.82) is 0 Å². The fourth-order valence-electron chi connectivity index (χ4n) is 1.01. The van der Waals surface area contributed by atoms with Gasteiger partial charge in [-0.1, -0.05) is 6.07 Å². The molecule has 70 valence electrons. The van der Waals surface area contributed by atoms with Crippen LogP contribution in [0.4, 0.5) is 0 Å². The van der Waals surface area contributed by atoms with Gasteiger partial charge in [-0.15, -0.1) is 0 Å². The number of benzene rings is 1. The average molecular weight is 245 g/mol. The molecule has 0 unspecified atom stereocenters. The van der Waals surface area contributed by atoms with Crippen LogP contribution in [0.5, 0.6) is 11.5 Å². The molecule has 1 rings (SSSR count). The summed E-state index contributed by atoms with van der Waals surface area (Å²) in [6, 6.07) is 4.87. The molecule has 1 aromatic rings. The minimum absolute atomic E-state index is 0.0498. The molecule has 0 atom stereocenters. The van der Waals surface area contributed by atoms with Crippen LogP contribution in [-0.4, -0.2) is 16.9 Å². The molecule has 0 aliphatic rings. The number of rotatable bonds is 3. The summed E-state index contributed by atoms with van der Waals surface area (Å²) in [5, 5.41) is 9.35. The highest BCUT2D eigenvalue weighted by atomic mass is 79.9. The molecule has 0 heterocycles. The first-order valence-electron chi connectivity index (χ1n) is 3.67. The Morgan fingerprint density at radius 3 is 2.77 bits per heavy atom. The minimum Gasteiger partial charge on any atom is -0.504 e. The maximum Gasteiger partial charge on any atom is 0.202 e. The van der Waals surface area contributed by atoms with Crippen LogP contribution in [0.2, 0.25) is 0 Å². The zero-order valence-corrected chi connectivity index (χ0v) is 8.67. The summed E-state index contributed by atoms with van der Waals surface area (Å²) in [7, 11) is 1.48. The van der Waals surface area contributed by atoms with Crippen molar-refractivity contribution in [2.45, 2.75) is 6.42 Å². The molecular weight excluding hydrogens is 236 g/mol. The van der Waals surface area contributed by atoms with Gasteiger partial charge in [-0.2, -0.15) is 0 Å². The first kappa shape index (κ1) is 10.1. The Bertz CT molecular complexity index is 323. The highest BCUT2D eigenvalue weighted by Gasteiger charge is 2.04. The van der Waals surface area contributed by atoms with Gasteiger partial charge in [0.2, 0.25) is 4.69 Å². The Kier molecular flexibility index (Phi) is 3.31.